The van der Waals surface area contributed by atoms with Gasteiger partial charge in [-0.25, -0.2) is 0 Å². The van der Waals surface area contributed by atoms with E-state index in [1.54, 1.807) is 4.90 Å². The van der Waals surface area contributed by atoms with E-state index in [0.29, 0.717) is 26.1 Å². The van der Waals surface area contributed by atoms with Crippen molar-refractivity contribution in [2.75, 3.05) is 33.8 Å². The fourth-order valence-corrected chi connectivity index (χ4v) is 3.83. The number of aliphatic hydroxyl groups excluding tert-OH is 1. The third kappa shape index (κ3) is 5.56. The van der Waals surface area contributed by atoms with Crippen LogP contribution in [-0.2, 0) is 16.0 Å². The first kappa shape index (κ1) is 23.5. The van der Waals surface area contributed by atoms with E-state index >= 15 is 0 Å². The van der Waals surface area contributed by atoms with E-state index < -0.39 is 17.7 Å². The Bertz CT molecular complexity index is 952. The van der Waals surface area contributed by atoms with Crippen molar-refractivity contribution in [2.45, 2.75) is 32.2 Å². The number of hydrogen-bond acceptors (Lipinski definition) is 5. The Labute approximate surface area is 190 Å². The molecule has 2 aromatic rings. The first-order valence-corrected chi connectivity index (χ1v) is 11.1. The molecule has 6 heteroatoms. The maximum atomic E-state index is 13.2. The van der Waals surface area contributed by atoms with Crippen LogP contribution < -0.4 is 4.74 Å². The molecule has 1 aliphatic rings. The Morgan fingerprint density at radius 2 is 1.78 bits per heavy atom. The van der Waals surface area contributed by atoms with Gasteiger partial charge < -0.3 is 19.6 Å². The molecule has 1 N–H and O–H groups in total. The van der Waals surface area contributed by atoms with Gasteiger partial charge in [0.05, 0.1) is 18.2 Å². The third-order valence-corrected chi connectivity index (χ3v) is 5.54. The summed E-state index contributed by atoms with van der Waals surface area (Å²) in [5.41, 5.74) is 2.02. The summed E-state index contributed by atoms with van der Waals surface area (Å²) in [5, 5.41) is 10.7. The minimum atomic E-state index is -0.606. The number of Topliss-reactive ketones (excluding diaryl/α,β-unsaturated/α-hetero) is 1. The normalized spacial score (nSPS) is 16.2. The second-order valence-electron chi connectivity index (χ2n) is 8.29. The summed E-state index contributed by atoms with van der Waals surface area (Å²) in [7, 11) is 3.85. The lowest BCUT2D eigenvalue weighted by Crippen LogP contribution is -2.36. The smallest absolute Gasteiger partial charge is 0.290 e. The predicted octanol–water partition coefficient (Wildman–Crippen LogP) is 3.93. The SMILES string of the molecule is CCCOc1ccc(C2C(C(=O)CCc3ccccc3)=C(O)C(=O)N2CCN(C)C)cc1. The number of carbonyl (C=O) groups excluding carboxylic acids is 2. The van der Waals surface area contributed by atoms with Gasteiger partial charge in [-0.15, -0.1) is 0 Å². The zero-order valence-electron chi connectivity index (χ0n) is 19.1. The summed E-state index contributed by atoms with van der Waals surface area (Å²) < 4.78 is 5.67. The van der Waals surface area contributed by atoms with Gasteiger partial charge >= 0.3 is 0 Å². The van der Waals surface area contributed by atoms with E-state index in [0.717, 1.165) is 23.3 Å². The number of rotatable bonds is 11. The number of likely N-dealkylation sites (N-methyl/N-ethyl adjacent to an activating group) is 1. The zero-order valence-corrected chi connectivity index (χ0v) is 19.1. The van der Waals surface area contributed by atoms with E-state index in [1.807, 2.05) is 80.5 Å². The topological polar surface area (TPSA) is 70.1 Å². The summed E-state index contributed by atoms with van der Waals surface area (Å²) in [4.78, 5) is 29.7. The van der Waals surface area contributed by atoms with Crippen LogP contribution in [-0.4, -0.2) is 60.4 Å². The number of aliphatic hydroxyl groups is 1. The lowest BCUT2D eigenvalue weighted by molar-refractivity contribution is -0.129. The lowest BCUT2D eigenvalue weighted by Gasteiger charge is -2.28. The van der Waals surface area contributed by atoms with Crippen LogP contribution >= 0.6 is 0 Å². The second kappa shape index (κ2) is 11.0. The van der Waals surface area contributed by atoms with E-state index in [4.69, 9.17) is 4.74 Å². The molecule has 0 bridgehead atoms. The largest absolute Gasteiger partial charge is 0.503 e. The van der Waals surface area contributed by atoms with Crippen molar-refractivity contribution in [3.05, 3.63) is 77.1 Å². The van der Waals surface area contributed by atoms with E-state index in [1.165, 1.54) is 0 Å². The lowest BCUT2D eigenvalue weighted by atomic mass is 9.93. The molecule has 1 unspecified atom stereocenters. The van der Waals surface area contributed by atoms with Crippen LogP contribution in [0.25, 0.3) is 0 Å². The second-order valence-corrected chi connectivity index (χ2v) is 8.29. The molecule has 1 heterocycles. The molecule has 6 nitrogen and oxygen atoms in total. The van der Waals surface area contributed by atoms with Crippen LogP contribution in [0, 0.1) is 0 Å². The minimum absolute atomic E-state index is 0.187. The van der Waals surface area contributed by atoms with Crippen molar-refractivity contribution in [3.63, 3.8) is 0 Å². The van der Waals surface area contributed by atoms with Gasteiger partial charge in [0.1, 0.15) is 5.75 Å². The highest BCUT2D eigenvalue weighted by Gasteiger charge is 2.42. The highest BCUT2D eigenvalue weighted by atomic mass is 16.5. The molecule has 0 fully saturated rings. The first-order valence-electron chi connectivity index (χ1n) is 11.1. The van der Waals surface area contributed by atoms with Crippen molar-refractivity contribution in [3.8, 4) is 5.75 Å². The highest BCUT2D eigenvalue weighted by Crippen LogP contribution is 2.38. The molecule has 3 rings (SSSR count). The van der Waals surface area contributed by atoms with Crippen LogP contribution in [0.3, 0.4) is 0 Å². The Balaban J connectivity index is 1.87. The quantitative estimate of drug-likeness (QED) is 0.578. The molecule has 0 saturated carbocycles. The van der Waals surface area contributed by atoms with Gasteiger partial charge in [-0.2, -0.15) is 0 Å². The average Bonchev–Trinajstić information content (AvgIpc) is 3.05. The number of benzene rings is 2. The highest BCUT2D eigenvalue weighted by molar-refractivity contribution is 6.09. The molecule has 2 aromatic carbocycles. The van der Waals surface area contributed by atoms with E-state index in [2.05, 4.69) is 0 Å². The summed E-state index contributed by atoms with van der Waals surface area (Å²) in [6, 6.07) is 16.6. The maximum absolute atomic E-state index is 13.2. The van der Waals surface area contributed by atoms with Crippen LogP contribution in [0.4, 0.5) is 0 Å². The van der Waals surface area contributed by atoms with E-state index in [9.17, 15) is 14.7 Å². The molecule has 1 amide bonds. The van der Waals surface area contributed by atoms with Gasteiger partial charge in [0, 0.05) is 19.5 Å². The molecule has 0 radical (unpaired) electrons. The van der Waals surface area contributed by atoms with Crippen LogP contribution in [0.2, 0.25) is 0 Å². The Hall–Kier alpha value is -3.12. The van der Waals surface area contributed by atoms with Gasteiger partial charge in [0.2, 0.25) is 0 Å². The molecule has 0 aliphatic carbocycles. The molecule has 32 heavy (non-hydrogen) atoms. The molecule has 1 aliphatic heterocycles. The zero-order chi connectivity index (χ0) is 23.1. The van der Waals surface area contributed by atoms with Crippen LogP contribution in [0.5, 0.6) is 5.75 Å². The van der Waals surface area contributed by atoms with Crippen LogP contribution in [0.15, 0.2) is 65.9 Å². The Morgan fingerprint density at radius 1 is 1.09 bits per heavy atom. The van der Waals surface area contributed by atoms with Crippen molar-refractivity contribution in [2.24, 2.45) is 0 Å². The molecule has 170 valence electrons. The monoisotopic (exact) mass is 436 g/mol. The first-order chi connectivity index (χ1) is 15.4. The van der Waals surface area contributed by atoms with Gasteiger partial charge in [0.15, 0.2) is 11.5 Å². The van der Waals surface area contributed by atoms with Gasteiger partial charge in [-0.05, 0) is 50.2 Å². The molecule has 0 spiro atoms. The average molecular weight is 437 g/mol. The van der Waals surface area contributed by atoms with Crippen LogP contribution in [0.1, 0.15) is 36.9 Å². The molecule has 0 aromatic heterocycles. The minimum Gasteiger partial charge on any atom is -0.503 e. The summed E-state index contributed by atoms with van der Waals surface area (Å²) in [6.07, 6.45) is 1.69. The molecule has 0 saturated heterocycles. The van der Waals surface area contributed by atoms with Crippen molar-refractivity contribution in [1.82, 2.24) is 9.80 Å². The maximum Gasteiger partial charge on any atom is 0.290 e. The number of ether oxygens (including phenoxy) is 1. The molecule has 1 atom stereocenters. The third-order valence-electron chi connectivity index (χ3n) is 5.54. The molecular formula is C26H32N2O4. The number of amides is 1. The number of ketones is 1. The Morgan fingerprint density at radius 3 is 2.41 bits per heavy atom. The number of aryl methyl sites for hydroxylation is 1. The summed E-state index contributed by atoms with van der Waals surface area (Å²) >= 11 is 0. The number of nitrogens with zero attached hydrogens (tertiary/aromatic N) is 2. The van der Waals surface area contributed by atoms with Gasteiger partial charge in [-0.3, -0.25) is 9.59 Å². The number of carbonyl (C=O) groups is 2. The van der Waals surface area contributed by atoms with Crippen molar-refractivity contribution >= 4 is 11.7 Å². The predicted molar refractivity (Wildman–Crippen MR) is 125 cm³/mol. The van der Waals surface area contributed by atoms with Gasteiger partial charge in [0.25, 0.3) is 5.91 Å². The molecular weight excluding hydrogens is 404 g/mol. The van der Waals surface area contributed by atoms with Crippen molar-refractivity contribution < 1.29 is 19.4 Å². The Kier molecular flexibility index (Phi) is 8.06. The summed E-state index contributed by atoms with van der Waals surface area (Å²) in [5.74, 6) is -0.391. The number of hydrogen-bond donors (Lipinski definition) is 1. The van der Waals surface area contributed by atoms with Crippen molar-refractivity contribution in [1.29, 1.82) is 0 Å². The summed E-state index contributed by atoms with van der Waals surface area (Å²) in [6.45, 7) is 3.70. The van der Waals surface area contributed by atoms with E-state index in [-0.39, 0.29) is 17.8 Å². The fraction of sp³-hybridized carbons (Fsp3) is 0.385. The fourth-order valence-electron chi connectivity index (χ4n) is 3.83. The standard InChI is InChI=1S/C26H32N2O4/c1-4-18-32-21-13-11-20(12-14-21)24-23(22(29)15-10-19-8-6-5-7-9-19)25(30)26(31)28(24)17-16-27(2)3/h5-9,11-14,24,30H,4,10,15-18H2,1-3H3. The van der Waals surface area contributed by atoms with Gasteiger partial charge in [-0.1, -0.05) is 49.4 Å².